The number of hydrogen-bond donors (Lipinski definition) is 2. The molecule has 1 aromatic carbocycles. The second kappa shape index (κ2) is 7.16. The Morgan fingerprint density at radius 3 is 2.55 bits per heavy atom. The third-order valence-corrected chi connectivity index (χ3v) is 2.70. The molecule has 0 unspecified atom stereocenters. The fourth-order valence-electron chi connectivity index (χ4n) is 1.69. The van der Waals surface area contributed by atoms with Gasteiger partial charge in [0.15, 0.2) is 6.33 Å². The van der Waals surface area contributed by atoms with Gasteiger partial charge in [-0.1, -0.05) is 0 Å². The zero-order chi connectivity index (χ0) is 15.9. The summed E-state index contributed by atoms with van der Waals surface area (Å²) in [4.78, 5) is 21.9. The van der Waals surface area contributed by atoms with Crippen LogP contribution < -0.4 is 5.32 Å². The number of rotatable bonds is 6. The van der Waals surface area contributed by atoms with E-state index >= 15 is 0 Å². The summed E-state index contributed by atoms with van der Waals surface area (Å²) in [5, 5.41) is 25.4. The molecule has 1 aromatic heterocycles. The summed E-state index contributed by atoms with van der Waals surface area (Å²) in [5.74, 6) is -1.92. The first-order valence-electron chi connectivity index (χ1n) is 6.38. The van der Waals surface area contributed by atoms with E-state index in [1.165, 1.54) is 12.1 Å². The van der Waals surface area contributed by atoms with E-state index in [0.29, 0.717) is 5.56 Å². The number of amides is 1. The molecule has 9 heteroatoms. The molecule has 0 aliphatic rings. The summed E-state index contributed by atoms with van der Waals surface area (Å²) in [6.07, 6.45) is 1.24. The highest BCUT2D eigenvalue weighted by atomic mass is 19.1. The van der Waals surface area contributed by atoms with Crippen LogP contribution in [0.4, 0.5) is 10.1 Å². The zero-order valence-electron chi connectivity index (χ0n) is 11.4. The lowest BCUT2D eigenvalue weighted by Gasteiger charge is -2.07. The number of nitrogens with zero attached hydrogens (tertiary/aromatic N) is 4. The van der Waals surface area contributed by atoms with E-state index < -0.39 is 17.7 Å². The molecule has 8 nitrogen and oxygen atoms in total. The van der Waals surface area contributed by atoms with Crippen LogP contribution in [0.25, 0.3) is 11.4 Å². The van der Waals surface area contributed by atoms with Gasteiger partial charge in [0.2, 0.25) is 11.7 Å². The molecule has 0 aliphatic heterocycles. The number of carbonyl (C=O) groups excluding carboxylic acids is 1. The van der Waals surface area contributed by atoms with Crippen molar-refractivity contribution in [3.05, 3.63) is 30.3 Å². The van der Waals surface area contributed by atoms with Crippen LogP contribution in [0.15, 0.2) is 24.5 Å². The minimum Gasteiger partial charge on any atom is -0.481 e. The maximum Gasteiger partial charge on any atom is 0.303 e. The van der Waals surface area contributed by atoms with Crippen LogP contribution in [0.3, 0.4) is 0 Å². The number of carboxylic acid groups (broad SMARTS) is 1. The van der Waals surface area contributed by atoms with E-state index in [2.05, 4.69) is 25.7 Å². The molecule has 0 radical (unpaired) electrons. The lowest BCUT2D eigenvalue weighted by Crippen LogP contribution is -2.13. The van der Waals surface area contributed by atoms with Crippen molar-refractivity contribution < 1.29 is 19.1 Å². The van der Waals surface area contributed by atoms with Gasteiger partial charge in [-0.05, 0) is 24.6 Å². The van der Waals surface area contributed by atoms with Gasteiger partial charge in [0.05, 0.1) is 5.69 Å². The quantitative estimate of drug-likeness (QED) is 0.824. The number of halogens is 1. The number of anilines is 1. The average Bonchev–Trinajstić information content (AvgIpc) is 2.50. The second-order valence-electron chi connectivity index (χ2n) is 4.36. The molecule has 0 saturated heterocycles. The Hall–Kier alpha value is -2.97. The molecular weight excluding hydrogens is 293 g/mol. The van der Waals surface area contributed by atoms with E-state index in [9.17, 15) is 14.0 Å². The summed E-state index contributed by atoms with van der Waals surface area (Å²) in [6.45, 7) is 0. The molecule has 2 aromatic rings. The number of nitrogens with one attached hydrogen (secondary N) is 1. The summed E-state index contributed by atoms with van der Waals surface area (Å²) < 4.78 is 13.9. The van der Waals surface area contributed by atoms with Crippen molar-refractivity contribution >= 4 is 17.6 Å². The molecule has 0 fully saturated rings. The third-order valence-electron chi connectivity index (χ3n) is 2.70. The Balaban J connectivity index is 2.01. The van der Waals surface area contributed by atoms with Crippen LogP contribution >= 0.6 is 0 Å². The molecule has 2 N–H and O–H groups in total. The van der Waals surface area contributed by atoms with Crippen LogP contribution in [0, 0.1) is 5.82 Å². The van der Waals surface area contributed by atoms with Crippen molar-refractivity contribution in [3.63, 3.8) is 0 Å². The molecule has 114 valence electrons. The van der Waals surface area contributed by atoms with Crippen LogP contribution in [0.5, 0.6) is 0 Å². The minimum absolute atomic E-state index is 0.000856. The number of carboxylic acids is 1. The van der Waals surface area contributed by atoms with Crippen molar-refractivity contribution in [1.29, 1.82) is 0 Å². The summed E-state index contributed by atoms with van der Waals surface area (Å²) in [7, 11) is 0. The molecule has 1 heterocycles. The van der Waals surface area contributed by atoms with Gasteiger partial charge < -0.3 is 10.4 Å². The highest BCUT2D eigenvalue weighted by molar-refractivity contribution is 5.91. The topological polar surface area (TPSA) is 118 Å². The van der Waals surface area contributed by atoms with Crippen molar-refractivity contribution in [1.82, 2.24) is 20.4 Å². The van der Waals surface area contributed by atoms with Gasteiger partial charge in [0.25, 0.3) is 0 Å². The van der Waals surface area contributed by atoms with Gasteiger partial charge in [-0.3, -0.25) is 9.59 Å². The average molecular weight is 305 g/mol. The number of aromatic nitrogens is 4. The SMILES string of the molecule is O=C(O)CCCC(=O)Nc1ccc(-c2nncnn2)cc1F. The first-order valence-corrected chi connectivity index (χ1v) is 6.38. The van der Waals surface area contributed by atoms with Crippen molar-refractivity contribution in [2.45, 2.75) is 19.3 Å². The molecule has 2 rings (SSSR count). The van der Waals surface area contributed by atoms with Gasteiger partial charge >= 0.3 is 5.97 Å². The van der Waals surface area contributed by atoms with E-state index in [0.717, 1.165) is 12.4 Å². The normalized spacial score (nSPS) is 10.2. The molecule has 1 amide bonds. The van der Waals surface area contributed by atoms with Crippen LogP contribution in [0.2, 0.25) is 0 Å². The van der Waals surface area contributed by atoms with Gasteiger partial charge in [-0.25, -0.2) is 4.39 Å². The fraction of sp³-hybridized carbons (Fsp3) is 0.231. The third kappa shape index (κ3) is 4.27. The van der Waals surface area contributed by atoms with E-state index in [4.69, 9.17) is 5.11 Å². The number of benzene rings is 1. The van der Waals surface area contributed by atoms with E-state index in [1.54, 1.807) is 0 Å². The van der Waals surface area contributed by atoms with Crippen LogP contribution in [0.1, 0.15) is 19.3 Å². The van der Waals surface area contributed by atoms with Gasteiger partial charge in [-0.2, -0.15) is 0 Å². The Morgan fingerprint density at radius 2 is 1.91 bits per heavy atom. The van der Waals surface area contributed by atoms with E-state index in [1.807, 2.05) is 0 Å². The number of hydrogen-bond acceptors (Lipinski definition) is 6. The molecule has 0 atom stereocenters. The Morgan fingerprint density at radius 1 is 1.18 bits per heavy atom. The first kappa shape index (κ1) is 15.4. The highest BCUT2D eigenvalue weighted by Gasteiger charge is 2.10. The van der Waals surface area contributed by atoms with Gasteiger partial charge in [0, 0.05) is 18.4 Å². The summed E-state index contributed by atoms with van der Waals surface area (Å²) in [6, 6.07) is 4.05. The Bertz CT molecular complexity index is 681. The minimum atomic E-state index is -0.978. The Kier molecular flexibility index (Phi) is 5.02. The summed E-state index contributed by atoms with van der Waals surface area (Å²) in [5.41, 5.74) is 0.378. The number of aliphatic carboxylic acids is 1. The molecule has 0 spiro atoms. The smallest absolute Gasteiger partial charge is 0.303 e. The Labute approximate surface area is 124 Å². The largest absolute Gasteiger partial charge is 0.481 e. The molecule has 0 saturated carbocycles. The van der Waals surface area contributed by atoms with Crippen LogP contribution in [-0.4, -0.2) is 37.4 Å². The van der Waals surface area contributed by atoms with Crippen LogP contribution in [-0.2, 0) is 9.59 Å². The highest BCUT2D eigenvalue weighted by Crippen LogP contribution is 2.21. The molecule has 22 heavy (non-hydrogen) atoms. The molecule has 0 bridgehead atoms. The molecule has 0 aliphatic carbocycles. The number of carbonyl (C=O) groups is 2. The molecular formula is C13H12FN5O3. The second-order valence-corrected chi connectivity index (χ2v) is 4.36. The van der Waals surface area contributed by atoms with Crippen molar-refractivity contribution in [2.24, 2.45) is 0 Å². The van der Waals surface area contributed by atoms with E-state index in [-0.39, 0.29) is 30.8 Å². The van der Waals surface area contributed by atoms with Crippen molar-refractivity contribution in [3.8, 4) is 11.4 Å². The zero-order valence-corrected chi connectivity index (χ0v) is 11.4. The maximum atomic E-state index is 13.9. The lowest BCUT2D eigenvalue weighted by molar-refractivity contribution is -0.137. The maximum absolute atomic E-state index is 13.9. The summed E-state index contributed by atoms with van der Waals surface area (Å²) >= 11 is 0. The monoisotopic (exact) mass is 305 g/mol. The van der Waals surface area contributed by atoms with Gasteiger partial charge in [-0.15, -0.1) is 20.4 Å². The fourth-order valence-corrected chi connectivity index (χ4v) is 1.69. The van der Waals surface area contributed by atoms with Crippen molar-refractivity contribution in [2.75, 3.05) is 5.32 Å². The lowest BCUT2D eigenvalue weighted by atomic mass is 10.1. The predicted molar refractivity (Wildman–Crippen MR) is 73.1 cm³/mol. The van der Waals surface area contributed by atoms with Gasteiger partial charge in [0.1, 0.15) is 5.82 Å². The predicted octanol–water partition coefficient (Wildman–Crippen LogP) is 1.27. The first-order chi connectivity index (χ1) is 10.6. The standard InChI is InChI=1S/C13H12FN5O3/c14-9-6-8(13-18-15-7-16-19-13)4-5-10(9)17-11(20)2-1-3-12(21)22/h4-7H,1-3H2,(H,17,20)(H,21,22).